The summed E-state index contributed by atoms with van der Waals surface area (Å²) in [6.07, 6.45) is 3.27. The first kappa shape index (κ1) is 19.2. The molecule has 118 valence electrons. The van der Waals surface area contributed by atoms with Crippen molar-refractivity contribution in [3.05, 3.63) is 0 Å². The van der Waals surface area contributed by atoms with Gasteiger partial charge in [-0.15, -0.1) is 12.4 Å². The van der Waals surface area contributed by atoms with Crippen molar-refractivity contribution < 1.29 is 9.59 Å². The molecule has 1 saturated heterocycles. The second-order valence-corrected chi connectivity index (χ2v) is 5.90. The third kappa shape index (κ3) is 6.09. The van der Waals surface area contributed by atoms with Gasteiger partial charge in [0.2, 0.25) is 11.8 Å². The molecule has 0 radical (unpaired) electrons. The summed E-state index contributed by atoms with van der Waals surface area (Å²) in [6.45, 7) is 7.66. The van der Waals surface area contributed by atoms with Crippen LogP contribution in [0.25, 0.3) is 0 Å². The molecule has 1 fully saturated rings. The summed E-state index contributed by atoms with van der Waals surface area (Å²) >= 11 is 0. The van der Waals surface area contributed by atoms with E-state index in [1.807, 2.05) is 18.7 Å². The van der Waals surface area contributed by atoms with Crippen LogP contribution in [0.4, 0.5) is 0 Å². The molecule has 0 saturated carbocycles. The van der Waals surface area contributed by atoms with E-state index in [0.29, 0.717) is 5.92 Å². The van der Waals surface area contributed by atoms with Crippen molar-refractivity contribution in [1.82, 2.24) is 10.2 Å². The predicted octanol–water partition coefficient (Wildman–Crippen LogP) is 1.16. The molecule has 20 heavy (non-hydrogen) atoms. The molecule has 1 unspecified atom stereocenters. The van der Waals surface area contributed by atoms with Gasteiger partial charge in [0.1, 0.15) is 0 Å². The highest BCUT2D eigenvalue weighted by atomic mass is 35.5. The lowest BCUT2D eigenvalue weighted by atomic mass is 10.0. The fourth-order valence-corrected chi connectivity index (χ4v) is 2.21. The largest absolute Gasteiger partial charge is 0.346 e. The first-order chi connectivity index (χ1) is 8.91. The third-order valence-electron chi connectivity index (χ3n) is 3.80. The molecule has 0 aliphatic carbocycles. The van der Waals surface area contributed by atoms with Crippen LogP contribution in [0.2, 0.25) is 0 Å². The Hall–Kier alpha value is -0.810. The van der Waals surface area contributed by atoms with Gasteiger partial charge >= 0.3 is 0 Å². The van der Waals surface area contributed by atoms with E-state index in [9.17, 15) is 9.59 Å². The average molecular weight is 306 g/mol. The number of nitrogens with zero attached hydrogens (tertiary/aromatic N) is 1. The van der Waals surface area contributed by atoms with E-state index in [1.54, 1.807) is 0 Å². The van der Waals surface area contributed by atoms with Crippen molar-refractivity contribution in [3.63, 3.8) is 0 Å². The molecule has 2 atom stereocenters. The van der Waals surface area contributed by atoms with E-state index < -0.39 is 6.04 Å². The minimum Gasteiger partial charge on any atom is -0.346 e. The lowest BCUT2D eigenvalue weighted by molar-refractivity contribution is -0.133. The lowest BCUT2D eigenvalue weighted by Crippen LogP contribution is -2.48. The smallest absolute Gasteiger partial charge is 0.241 e. The number of likely N-dealkylation sites (tertiary alicyclic amines) is 1. The zero-order valence-electron chi connectivity index (χ0n) is 12.7. The summed E-state index contributed by atoms with van der Waals surface area (Å²) in [4.78, 5) is 25.6. The highest BCUT2D eigenvalue weighted by molar-refractivity contribution is 5.87. The second-order valence-electron chi connectivity index (χ2n) is 5.90. The number of carbonyl (C=O) groups excluding carboxylic acids is 2. The first-order valence-electron chi connectivity index (χ1n) is 7.23. The van der Waals surface area contributed by atoms with Crippen LogP contribution in [-0.4, -0.2) is 42.4 Å². The van der Waals surface area contributed by atoms with Crippen molar-refractivity contribution in [1.29, 1.82) is 0 Å². The minimum atomic E-state index is -0.544. The Morgan fingerprint density at radius 2 is 1.95 bits per heavy atom. The van der Waals surface area contributed by atoms with Crippen LogP contribution in [0.3, 0.4) is 0 Å². The molecule has 1 heterocycles. The second kappa shape index (κ2) is 9.19. The zero-order chi connectivity index (χ0) is 14.4. The van der Waals surface area contributed by atoms with E-state index in [4.69, 9.17) is 5.73 Å². The summed E-state index contributed by atoms with van der Waals surface area (Å²) in [5.41, 5.74) is 5.73. The Morgan fingerprint density at radius 1 is 1.30 bits per heavy atom. The number of halogens is 1. The highest BCUT2D eigenvalue weighted by Gasteiger charge is 2.21. The molecular formula is C14H28ClN3O2. The molecule has 3 N–H and O–H groups in total. The van der Waals surface area contributed by atoms with Gasteiger partial charge in [0.25, 0.3) is 0 Å². The average Bonchev–Trinajstić information content (AvgIpc) is 2.59. The first-order valence-corrected chi connectivity index (χ1v) is 7.23. The number of rotatable bonds is 4. The van der Waals surface area contributed by atoms with Crippen molar-refractivity contribution in [3.8, 4) is 0 Å². The fraction of sp³-hybridized carbons (Fsp3) is 0.857. The summed E-state index contributed by atoms with van der Waals surface area (Å²) in [6, 6.07) is -0.544. The topological polar surface area (TPSA) is 75.4 Å². The summed E-state index contributed by atoms with van der Waals surface area (Å²) in [5, 5.41) is 2.64. The fourth-order valence-electron chi connectivity index (χ4n) is 2.21. The van der Waals surface area contributed by atoms with Crippen LogP contribution in [-0.2, 0) is 9.59 Å². The molecular weight excluding hydrogens is 278 g/mol. The molecule has 1 aliphatic rings. The van der Waals surface area contributed by atoms with Gasteiger partial charge in [0.05, 0.1) is 12.6 Å². The van der Waals surface area contributed by atoms with Gasteiger partial charge in [-0.25, -0.2) is 0 Å². The summed E-state index contributed by atoms with van der Waals surface area (Å²) < 4.78 is 0. The van der Waals surface area contributed by atoms with Crippen molar-refractivity contribution >= 4 is 24.2 Å². The number of carbonyl (C=O) groups is 2. The summed E-state index contributed by atoms with van der Waals surface area (Å²) in [7, 11) is 0. The Bertz CT molecular complexity index is 324. The van der Waals surface area contributed by atoms with Crippen LogP contribution >= 0.6 is 12.4 Å². The molecule has 0 spiro atoms. The Morgan fingerprint density at radius 3 is 2.55 bits per heavy atom. The van der Waals surface area contributed by atoms with Crippen LogP contribution in [0.1, 0.15) is 40.0 Å². The number of nitrogens with two attached hydrogens (primary N) is 1. The van der Waals surface area contributed by atoms with Crippen LogP contribution in [0, 0.1) is 11.8 Å². The number of amides is 2. The van der Waals surface area contributed by atoms with E-state index in [-0.39, 0.29) is 36.7 Å². The predicted molar refractivity (Wildman–Crippen MR) is 82.7 cm³/mol. The van der Waals surface area contributed by atoms with Gasteiger partial charge in [0.15, 0.2) is 0 Å². The number of hydrogen-bond acceptors (Lipinski definition) is 3. The van der Waals surface area contributed by atoms with Gasteiger partial charge in [-0.2, -0.15) is 0 Å². The molecule has 0 aromatic rings. The van der Waals surface area contributed by atoms with E-state index in [0.717, 1.165) is 25.9 Å². The molecule has 0 bridgehead atoms. The normalized spacial score (nSPS) is 20.9. The van der Waals surface area contributed by atoms with E-state index in [1.165, 1.54) is 6.42 Å². The Kier molecular flexibility index (Phi) is 8.81. The molecule has 6 heteroatoms. The summed E-state index contributed by atoms with van der Waals surface area (Å²) in [5.74, 6) is 0.515. The molecule has 1 rings (SSSR count). The maximum Gasteiger partial charge on any atom is 0.241 e. The quantitative estimate of drug-likeness (QED) is 0.818. The maximum absolute atomic E-state index is 12.0. The zero-order valence-corrected chi connectivity index (χ0v) is 13.5. The minimum absolute atomic E-state index is 0. The Labute approximate surface area is 128 Å². The van der Waals surface area contributed by atoms with Crippen LogP contribution < -0.4 is 11.1 Å². The third-order valence-corrected chi connectivity index (χ3v) is 3.80. The monoisotopic (exact) mass is 305 g/mol. The van der Waals surface area contributed by atoms with Crippen molar-refractivity contribution in [2.45, 2.75) is 46.1 Å². The molecule has 2 amide bonds. The van der Waals surface area contributed by atoms with Crippen LogP contribution in [0.5, 0.6) is 0 Å². The van der Waals surface area contributed by atoms with Gasteiger partial charge < -0.3 is 16.0 Å². The number of nitrogens with one attached hydrogen (secondary N) is 1. The molecule has 1 aliphatic heterocycles. The SMILES string of the molecule is CC1CCCN(C(=O)CNC(=O)[C@@H](N)C(C)C)CC1.Cl. The van der Waals surface area contributed by atoms with Gasteiger partial charge in [-0.1, -0.05) is 20.8 Å². The molecule has 0 aromatic heterocycles. The van der Waals surface area contributed by atoms with E-state index >= 15 is 0 Å². The lowest BCUT2D eigenvalue weighted by Gasteiger charge is -2.21. The van der Waals surface area contributed by atoms with Gasteiger partial charge in [-0.05, 0) is 31.1 Å². The van der Waals surface area contributed by atoms with Crippen molar-refractivity contribution in [2.75, 3.05) is 19.6 Å². The maximum atomic E-state index is 12.0. The van der Waals surface area contributed by atoms with Crippen molar-refractivity contribution in [2.24, 2.45) is 17.6 Å². The molecule has 0 aromatic carbocycles. The van der Waals surface area contributed by atoms with Crippen LogP contribution in [0.15, 0.2) is 0 Å². The standard InChI is InChI=1S/C14H27N3O2.ClH/c1-10(2)13(15)14(19)16-9-12(18)17-7-4-5-11(3)6-8-17;/h10-11,13H,4-9,15H2,1-3H3,(H,16,19);1H/t11?,13-;/m0./s1. The Balaban J connectivity index is 0.00000361. The molecule has 5 nitrogen and oxygen atoms in total. The highest BCUT2D eigenvalue weighted by Crippen LogP contribution is 2.16. The van der Waals surface area contributed by atoms with E-state index in [2.05, 4.69) is 12.2 Å². The number of hydrogen-bond donors (Lipinski definition) is 2. The van der Waals surface area contributed by atoms with Gasteiger partial charge in [0, 0.05) is 13.1 Å². The van der Waals surface area contributed by atoms with Gasteiger partial charge in [-0.3, -0.25) is 9.59 Å².